The minimum Gasteiger partial charge on any atom is -0.491 e. The number of benzene rings is 1. The molecule has 1 aromatic carbocycles. The van der Waals surface area contributed by atoms with Gasteiger partial charge in [-0.15, -0.1) is 21.8 Å². The zero-order valence-electron chi connectivity index (χ0n) is 10.6. The van der Waals surface area contributed by atoms with Crippen molar-refractivity contribution in [3.63, 3.8) is 0 Å². The molecule has 0 fully saturated rings. The summed E-state index contributed by atoms with van der Waals surface area (Å²) < 4.78 is 5.66. The Morgan fingerprint density at radius 3 is 2.61 bits per heavy atom. The van der Waals surface area contributed by atoms with E-state index in [9.17, 15) is 0 Å². The third kappa shape index (κ3) is 3.21. The van der Waals surface area contributed by atoms with E-state index >= 15 is 0 Å². The van der Waals surface area contributed by atoms with E-state index in [1.54, 1.807) is 0 Å². The van der Waals surface area contributed by atoms with E-state index in [1.165, 1.54) is 11.3 Å². The minimum absolute atomic E-state index is 0.105. The molecule has 2 rings (SSSR count). The highest BCUT2D eigenvalue weighted by atomic mass is 35.5. The number of hydrogen-bond donors (Lipinski definition) is 0. The van der Waals surface area contributed by atoms with Gasteiger partial charge in [0.1, 0.15) is 15.8 Å². The molecule has 0 saturated heterocycles. The summed E-state index contributed by atoms with van der Waals surface area (Å²) in [6, 6.07) is 7.87. The van der Waals surface area contributed by atoms with Gasteiger partial charge in [0.05, 0.1) is 11.5 Å². The maximum atomic E-state index is 5.99. The molecule has 0 spiro atoms. The fourth-order valence-electron chi connectivity index (χ4n) is 1.49. The molecule has 0 aliphatic carbocycles. The summed E-state index contributed by atoms with van der Waals surface area (Å²) >= 11 is 7.50. The number of rotatable bonds is 4. The maximum Gasteiger partial charge on any atom is 0.147 e. The van der Waals surface area contributed by atoms with Crippen LogP contribution in [0.25, 0.3) is 10.6 Å². The summed E-state index contributed by atoms with van der Waals surface area (Å²) in [6.07, 6.45) is 0.160. The Bertz CT molecular complexity index is 525. The standard InChI is InChI=1S/C13H15ClN2OS/c1-8(2)17-11-6-4-5-10(7-11)13-16-15-12(18-13)9(3)14/h4-9H,1-3H3. The maximum absolute atomic E-state index is 5.99. The van der Waals surface area contributed by atoms with Crippen LogP contribution in [-0.4, -0.2) is 16.3 Å². The second kappa shape index (κ2) is 5.67. The molecule has 0 N–H and O–H groups in total. The predicted molar refractivity (Wildman–Crippen MR) is 75.4 cm³/mol. The molecule has 0 radical (unpaired) electrons. The SMILES string of the molecule is CC(C)Oc1cccc(-c2nnc(C(C)Cl)s2)c1. The predicted octanol–water partition coefficient (Wildman–Crippen LogP) is 4.29. The number of hydrogen-bond acceptors (Lipinski definition) is 4. The topological polar surface area (TPSA) is 35.0 Å². The minimum atomic E-state index is -0.105. The van der Waals surface area contributed by atoms with Gasteiger partial charge in [-0.1, -0.05) is 23.5 Å². The largest absolute Gasteiger partial charge is 0.491 e. The van der Waals surface area contributed by atoms with E-state index in [0.717, 1.165) is 21.3 Å². The monoisotopic (exact) mass is 282 g/mol. The van der Waals surface area contributed by atoms with Gasteiger partial charge in [-0.3, -0.25) is 0 Å². The lowest BCUT2D eigenvalue weighted by molar-refractivity contribution is 0.242. The van der Waals surface area contributed by atoms with Crippen molar-refractivity contribution >= 4 is 22.9 Å². The summed E-state index contributed by atoms with van der Waals surface area (Å²) in [6.45, 7) is 5.90. The summed E-state index contributed by atoms with van der Waals surface area (Å²) in [7, 11) is 0. The van der Waals surface area contributed by atoms with Crippen molar-refractivity contribution in [1.29, 1.82) is 0 Å². The average molecular weight is 283 g/mol. The zero-order valence-corrected chi connectivity index (χ0v) is 12.1. The van der Waals surface area contributed by atoms with Gasteiger partial charge in [-0.05, 0) is 32.9 Å². The van der Waals surface area contributed by atoms with E-state index in [0.29, 0.717) is 0 Å². The van der Waals surface area contributed by atoms with Gasteiger partial charge in [-0.25, -0.2) is 0 Å². The van der Waals surface area contributed by atoms with Crippen LogP contribution in [0.5, 0.6) is 5.75 Å². The summed E-state index contributed by atoms with van der Waals surface area (Å²) in [5.74, 6) is 0.846. The first-order valence-corrected chi connectivity index (χ1v) is 7.06. The molecule has 1 atom stereocenters. The Balaban J connectivity index is 2.26. The van der Waals surface area contributed by atoms with Crippen LogP contribution < -0.4 is 4.74 Å². The van der Waals surface area contributed by atoms with E-state index in [4.69, 9.17) is 16.3 Å². The van der Waals surface area contributed by atoms with Gasteiger partial charge in [0.25, 0.3) is 0 Å². The molecule has 1 unspecified atom stereocenters. The molecular weight excluding hydrogens is 268 g/mol. The highest BCUT2D eigenvalue weighted by Crippen LogP contribution is 2.31. The number of alkyl halides is 1. The second-order valence-corrected chi connectivity index (χ2v) is 5.92. The lowest BCUT2D eigenvalue weighted by Gasteiger charge is -2.09. The Morgan fingerprint density at radius 1 is 1.22 bits per heavy atom. The molecule has 5 heteroatoms. The van der Waals surface area contributed by atoms with Gasteiger partial charge in [0.2, 0.25) is 0 Å². The van der Waals surface area contributed by atoms with E-state index in [-0.39, 0.29) is 11.5 Å². The zero-order chi connectivity index (χ0) is 13.1. The van der Waals surface area contributed by atoms with Crippen molar-refractivity contribution < 1.29 is 4.74 Å². The highest BCUT2D eigenvalue weighted by molar-refractivity contribution is 7.15. The lowest BCUT2D eigenvalue weighted by Crippen LogP contribution is -2.05. The number of aromatic nitrogens is 2. The molecule has 18 heavy (non-hydrogen) atoms. The van der Waals surface area contributed by atoms with Gasteiger partial charge < -0.3 is 4.74 Å². The van der Waals surface area contributed by atoms with Crippen LogP contribution in [0.1, 0.15) is 31.2 Å². The average Bonchev–Trinajstić information content (AvgIpc) is 2.77. The first-order valence-electron chi connectivity index (χ1n) is 5.81. The van der Waals surface area contributed by atoms with Gasteiger partial charge in [0.15, 0.2) is 0 Å². The van der Waals surface area contributed by atoms with Gasteiger partial charge in [-0.2, -0.15) is 0 Å². The third-order valence-electron chi connectivity index (χ3n) is 2.23. The van der Waals surface area contributed by atoms with Gasteiger partial charge >= 0.3 is 0 Å². The Labute approximate surface area is 116 Å². The Hall–Kier alpha value is -1.13. The van der Waals surface area contributed by atoms with Crippen LogP contribution >= 0.6 is 22.9 Å². The van der Waals surface area contributed by atoms with Crippen LogP contribution in [0.3, 0.4) is 0 Å². The fourth-order valence-corrected chi connectivity index (χ4v) is 2.43. The molecule has 0 aliphatic heterocycles. The molecule has 1 aromatic heterocycles. The normalized spacial score (nSPS) is 12.7. The fraction of sp³-hybridized carbons (Fsp3) is 0.385. The van der Waals surface area contributed by atoms with Crippen LogP contribution in [0.15, 0.2) is 24.3 Å². The molecular formula is C13H15ClN2OS. The van der Waals surface area contributed by atoms with Crippen LogP contribution in [0, 0.1) is 0 Å². The van der Waals surface area contributed by atoms with Crippen molar-refractivity contribution in [2.45, 2.75) is 32.3 Å². The van der Waals surface area contributed by atoms with Gasteiger partial charge in [0, 0.05) is 5.56 Å². The van der Waals surface area contributed by atoms with Crippen molar-refractivity contribution in [2.24, 2.45) is 0 Å². The summed E-state index contributed by atoms with van der Waals surface area (Å²) in [5.41, 5.74) is 1.01. The lowest BCUT2D eigenvalue weighted by atomic mass is 10.2. The van der Waals surface area contributed by atoms with Crippen molar-refractivity contribution in [3.8, 4) is 16.3 Å². The Kier molecular flexibility index (Phi) is 4.19. The molecule has 1 heterocycles. The second-order valence-electron chi connectivity index (χ2n) is 4.26. The molecule has 0 saturated carbocycles. The first kappa shape index (κ1) is 13.3. The molecule has 0 aliphatic rings. The van der Waals surface area contributed by atoms with E-state index in [1.807, 2.05) is 45.0 Å². The third-order valence-corrected chi connectivity index (χ3v) is 3.72. The van der Waals surface area contributed by atoms with E-state index in [2.05, 4.69) is 10.2 Å². The number of nitrogens with zero attached hydrogens (tertiary/aromatic N) is 2. The summed E-state index contributed by atoms with van der Waals surface area (Å²) in [5, 5.41) is 9.83. The molecule has 2 aromatic rings. The van der Waals surface area contributed by atoms with Crippen molar-refractivity contribution in [1.82, 2.24) is 10.2 Å². The molecule has 0 bridgehead atoms. The molecule has 96 valence electrons. The quantitative estimate of drug-likeness (QED) is 0.785. The van der Waals surface area contributed by atoms with Crippen LogP contribution in [0.4, 0.5) is 0 Å². The number of halogens is 1. The summed E-state index contributed by atoms with van der Waals surface area (Å²) in [4.78, 5) is 0. The molecule has 0 amide bonds. The van der Waals surface area contributed by atoms with Crippen molar-refractivity contribution in [3.05, 3.63) is 29.3 Å². The Morgan fingerprint density at radius 2 is 2.00 bits per heavy atom. The first-order chi connectivity index (χ1) is 8.56. The van der Waals surface area contributed by atoms with Crippen LogP contribution in [-0.2, 0) is 0 Å². The highest BCUT2D eigenvalue weighted by Gasteiger charge is 2.11. The van der Waals surface area contributed by atoms with Crippen molar-refractivity contribution in [2.75, 3.05) is 0 Å². The van der Waals surface area contributed by atoms with Crippen LogP contribution in [0.2, 0.25) is 0 Å². The smallest absolute Gasteiger partial charge is 0.147 e. The molecule has 3 nitrogen and oxygen atoms in total. The number of ether oxygens (including phenoxy) is 1. The van der Waals surface area contributed by atoms with E-state index < -0.39 is 0 Å².